The third kappa shape index (κ3) is 4.26. The average molecular weight is 416 g/mol. The van der Waals surface area contributed by atoms with Crippen LogP contribution in [0.5, 0.6) is 5.75 Å². The van der Waals surface area contributed by atoms with Crippen LogP contribution < -0.4 is 9.64 Å². The zero-order valence-corrected chi connectivity index (χ0v) is 17.5. The molecule has 3 heterocycles. The molecule has 0 spiro atoms. The topological polar surface area (TPSA) is 72.7 Å². The number of nitrogens with zero attached hydrogens (tertiary/aromatic N) is 5. The van der Waals surface area contributed by atoms with Crippen molar-refractivity contribution in [3.8, 4) is 5.75 Å². The fraction of sp³-hybridized carbons (Fsp3) is 0.450. The van der Waals surface area contributed by atoms with E-state index in [0.717, 1.165) is 48.8 Å². The van der Waals surface area contributed by atoms with Crippen molar-refractivity contribution in [2.75, 3.05) is 51.4 Å². The van der Waals surface area contributed by atoms with Crippen LogP contribution in [0.1, 0.15) is 17.4 Å². The summed E-state index contributed by atoms with van der Waals surface area (Å²) in [5.74, 6) is 0.701. The first kappa shape index (κ1) is 19.8. The van der Waals surface area contributed by atoms with Gasteiger partial charge in [0, 0.05) is 38.9 Å². The minimum atomic E-state index is -0.0800. The molecule has 3 aromatic rings. The number of morpholine rings is 1. The van der Waals surface area contributed by atoms with Crippen molar-refractivity contribution in [3.63, 3.8) is 0 Å². The van der Waals surface area contributed by atoms with Gasteiger partial charge in [0.2, 0.25) is 0 Å². The van der Waals surface area contributed by atoms with E-state index in [4.69, 9.17) is 14.5 Å². The molecule has 0 aliphatic carbocycles. The minimum Gasteiger partial charge on any atom is -0.497 e. The Morgan fingerprint density at radius 2 is 2.14 bits per heavy atom. The number of hydrogen-bond acceptors (Lipinski definition) is 7. The smallest absolute Gasteiger partial charge is 0.278 e. The first-order valence-electron chi connectivity index (χ1n) is 9.78. The van der Waals surface area contributed by atoms with Gasteiger partial charge in [-0.05, 0) is 31.2 Å². The molecule has 1 amide bonds. The molecule has 0 N–H and O–H groups in total. The number of rotatable bonds is 7. The van der Waals surface area contributed by atoms with E-state index in [0.29, 0.717) is 23.9 Å². The predicted molar refractivity (Wildman–Crippen MR) is 113 cm³/mol. The maximum absolute atomic E-state index is 13.4. The third-order valence-electron chi connectivity index (χ3n) is 5.04. The number of anilines is 1. The van der Waals surface area contributed by atoms with Gasteiger partial charge in [0.05, 0.1) is 30.5 Å². The van der Waals surface area contributed by atoms with Gasteiger partial charge in [-0.2, -0.15) is 5.10 Å². The molecule has 1 aliphatic heterocycles. The van der Waals surface area contributed by atoms with Crippen molar-refractivity contribution >= 4 is 32.6 Å². The van der Waals surface area contributed by atoms with E-state index in [1.165, 1.54) is 11.3 Å². The summed E-state index contributed by atoms with van der Waals surface area (Å²) in [6, 6.07) is 7.54. The van der Waals surface area contributed by atoms with Crippen molar-refractivity contribution in [3.05, 3.63) is 36.2 Å². The number of benzene rings is 1. The second-order valence-electron chi connectivity index (χ2n) is 6.77. The molecule has 2 aromatic heterocycles. The number of aromatic nitrogens is 3. The van der Waals surface area contributed by atoms with Crippen LogP contribution in [0.3, 0.4) is 0 Å². The molecule has 1 saturated heterocycles. The minimum absolute atomic E-state index is 0.0800. The number of methoxy groups -OCH3 is 1. The molecule has 1 fully saturated rings. The highest BCUT2D eigenvalue weighted by molar-refractivity contribution is 7.22. The Kier molecular flexibility index (Phi) is 6.08. The average Bonchev–Trinajstić information content (AvgIpc) is 3.40. The summed E-state index contributed by atoms with van der Waals surface area (Å²) in [4.78, 5) is 22.2. The van der Waals surface area contributed by atoms with Gasteiger partial charge in [0.15, 0.2) is 5.13 Å². The first-order chi connectivity index (χ1) is 14.2. The Morgan fingerprint density at radius 3 is 2.90 bits per heavy atom. The highest BCUT2D eigenvalue weighted by Crippen LogP contribution is 2.32. The molecule has 1 aliphatic rings. The van der Waals surface area contributed by atoms with Crippen LogP contribution in [-0.2, 0) is 11.3 Å². The lowest BCUT2D eigenvalue weighted by molar-refractivity contribution is 0.0391. The maximum atomic E-state index is 13.4. The molecular weight excluding hydrogens is 390 g/mol. The van der Waals surface area contributed by atoms with E-state index in [2.05, 4.69) is 10.00 Å². The largest absolute Gasteiger partial charge is 0.497 e. The van der Waals surface area contributed by atoms with Gasteiger partial charge in [-0.3, -0.25) is 19.3 Å². The Morgan fingerprint density at radius 1 is 1.31 bits per heavy atom. The van der Waals surface area contributed by atoms with E-state index in [1.54, 1.807) is 29.0 Å². The summed E-state index contributed by atoms with van der Waals surface area (Å²) in [7, 11) is 1.65. The van der Waals surface area contributed by atoms with E-state index < -0.39 is 0 Å². The lowest BCUT2D eigenvalue weighted by Crippen LogP contribution is -2.43. The molecule has 9 heteroatoms. The van der Waals surface area contributed by atoms with Crippen LogP contribution >= 0.6 is 11.3 Å². The van der Waals surface area contributed by atoms with Gasteiger partial charge in [-0.1, -0.05) is 11.3 Å². The molecule has 154 valence electrons. The maximum Gasteiger partial charge on any atom is 0.278 e. The monoisotopic (exact) mass is 415 g/mol. The van der Waals surface area contributed by atoms with E-state index in [1.807, 2.05) is 25.1 Å². The van der Waals surface area contributed by atoms with Gasteiger partial charge in [-0.15, -0.1) is 0 Å². The summed E-state index contributed by atoms with van der Waals surface area (Å²) < 4.78 is 13.5. The highest BCUT2D eigenvalue weighted by Gasteiger charge is 2.25. The van der Waals surface area contributed by atoms with Crippen molar-refractivity contribution in [1.29, 1.82) is 0 Å². The number of carbonyl (C=O) groups excluding carboxylic acids is 1. The Balaban J connectivity index is 1.64. The van der Waals surface area contributed by atoms with E-state index in [9.17, 15) is 4.79 Å². The fourth-order valence-electron chi connectivity index (χ4n) is 3.39. The van der Waals surface area contributed by atoms with Crippen LogP contribution in [0.4, 0.5) is 5.13 Å². The van der Waals surface area contributed by atoms with Crippen LogP contribution in [0, 0.1) is 0 Å². The van der Waals surface area contributed by atoms with Crippen molar-refractivity contribution < 1.29 is 14.3 Å². The van der Waals surface area contributed by atoms with Crippen LogP contribution in [-0.4, -0.2) is 72.1 Å². The summed E-state index contributed by atoms with van der Waals surface area (Å²) >= 11 is 1.50. The van der Waals surface area contributed by atoms with Crippen molar-refractivity contribution in [2.24, 2.45) is 0 Å². The number of fused-ring (bicyclic) bond motifs is 1. The number of hydrogen-bond donors (Lipinski definition) is 0. The number of amides is 1. The number of ether oxygens (including phenoxy) is 2. The first-order valence-corrected chi connectivity index (χ1v) is 10.6. The molecule has 1 aromatic carbocycles. The summed E-state index contributed by atoms with van der Waals surface area (Å²) in [5, 5.41) is 4.95. The molecule has 4 rings (SSSR count). The second kappa shape index (κ2) is 8.89. The van der Waals surface area contributed by atoms with Crippen LogP contribution in [0.25, 0.3) is 10.2 Å². The SMILES string of the molecule is CCn1nccc1C(=O)N(CCN1CCOCC1)c1nc2ccc(OC)cc2s1. The molecule has 0 radical (unpaired) electrons. The predicted octanol–water partition coefficient (Wildman–Crippen LogP) is 2.50. The molecule has 0 saturated carbocycles. The lowest BCUT2D eigenvalue weighted by atomic mass is 10.3. The standard InChI is InChI=1S/C20H25N5O3S/c1-3-25-17(6-7-21-25)19(26)24(9-8-23-10-12-28-13-11-23)20-22-16-5-4-15(27-2)14-18(16)29-20/h4-7,14H,3,8-13H2,1-2H3. The van der Waals surface area contributed by atoms with Gasteiger partial charge in [0.1, 0.15) is 11.4 Å². The van der Waals surface area contributed by atoms with E-state index in [-0.39, 0.29) is 5.91 Å². The zero-order chi connectivity index (χ0) is 20.2. The quantitative estimate of drug-likeness (QED) is 0.590. The van der Waals surface area contributed by atoms with Crippen LogP contribution in [0.2, 0.25) is 0 Å². The molecule has 29 heavy (non-hydrogen) atoms. The van der Waals surface area contributed by atoms with Crippen LogP contribution in [0.15, 0.2) is 30.5 Å². The molecule has 8 nitrogen and oxygen atoms in total. The highest BCUT2D eigenvalue weighted by atomic mass is 32.1. The normalized spacial score (nSPS) is 15.0. The Hall–Kier alpha value is -2.49. The van der Waals surface area contributed by atoms with Crippen molar-refractivity contribution in [2.45, 2.75) is 13.5 Å². The summed E-state index contributed by atoms with van der Waals surface area (Å²) in [6.07, 6.45) is 1.67. The third-order valence-corrected chi connectivity index (χ3v) is 6.08. The van der Waals surface area contributed by atoms with Gasteiger partial charge in [0.25, 0.3) is 5.91 Å². The fourth-order valence-corrected chi connectivity index (χ4v) is 4.41. The summed E-state index contributed by atoms with van der Waals surface area (Å²) in [5.41, 5.74) is 1.44. The molecule has 0 bridgehead atoms. The van der Waals surface area contributed by atoms with Gasteiger partial charge >= 0.3 is 0 Å². The summed E-state index contributed by atoms with van der Waals surface area (Å²) in [6.45, 7) is 7.18. The Bertz CT molecular complexity index is 980. The number of thiazole rings is 1. The number of aryl methyl sites for hydroxylation is 1. The molecule has 0 atom stereocenters. The lowest BCUT2D eigenvalue weighted by Gasteiger charge is -2.29. The Labute approximate surface area is 173 Å². The van der Waals surface area contributed by atoms with Gasteiger partial charge < -0.3 is 9.47 Å². The second-order valence-corrected chi connectivity index (χ2v) is 7.78. The zero-order valence-electron chi connectivity index (χ0n) is 16.7. The molecular formula is C20H25N5O3S. The number of carbonyl (C=O) groups is 1. The molecule has 0 unspecified atom stereocenters. The van der Waals surface area contributed by atoms with E-state index >= 15 is 0 Å². The van der Waals surface area contributed by atoms with Gasteiger partial charge in [-0.25, -0.2) is 4.98 Å². The van der Waals surface area contributed by atoms with Crippen molar-refractivity contribution in [1.82, 2.24) is 19.7 Å².